The minimum atomic E-state index is 0.829. The molecule has 1 fully saturated rings. The van der Waals surface area contributed by atoms with Gasteiger partial charge in [-0.2, -0.15) is 0 Å². The maximum atomic E-state index is 4.03. The quantitative estimate of drug-likeness (QED) is 0.571. The Kier molecular flexibility index (Phi) is 2.31. The Morgan fingerprint density at radius 3 is 2.67 bits per heavy atom. The summed E-state index contributed by atoms with van der Waals surface area (Å²) < 4.78 is 0. The molecule has 0 atom stereocenters. The predicted molar refractivity (Wildman–Crippen MR) is 54.7 cm³/mol. The Morgan fingerprint density at radius 1 is 1.33 bits per heavy atom. The molecule has 1 heteroatoms. The highest BCUT2D eigenvalue weighted by Crippen LogP contribution is 2.36. The molecule has 0 amide bonds. The van der Waals surface area contributed by atoms with E-state index < -0.39 is 0 Å². The summed E-state index contributed by atoms with van der Waals surface area (Å²) in [5.74, 6) is 0.829. The number of thiophene rings is 1. The van der Waals surface area contributed by atoms with E-state index in [-0.39, 0.29) is 0 Å². The lowest BCUT2D eigenvalue weighted by molar-refractivity contribution is 0.525. The summed E-state index contributed by atoms with van der Waals surface area (Å²) in [6.45, 7) is 4.03. The van der Waals surface area contributed by atoms with Gasteiger partial charge in [-0.15, -0.1) is 11.3 Å². The highest BCUT2D eigenvalue weighted by molar-refractivity contribution is 7.10. The van der Waals surface area contributed by atoms with Gasteiger partial charge < -0.3 is 0 Å². The summed E-state index contributed by atoms with van der Waals surface area (Å²) in [4.78, 5) is 1.57. The van der Waals surface area contributed by atoms with Crippen LogP contribution in [-0.2, 0) is 0 Å². The van der Waals surface area contributed by atoms with Crippen molar-refractivity contribution >= 4 is 11.3 Å². The molecule has 1 aromatic rings. The topological polar surface area (TPSA) is 0 Å². The Labute approximate surface area is 77.9 Å². The SMILES string of the molecule is C=C1CCC(c2cccs2)CC1. The molecule has 0 aromatic carbocycles. The molecule has 1 aromatic heterocycles. The van der Waals surface area contributed by atoms with Crippen LogP contribution >= 0.6 is 11.3 Å². The van der Waals surface area contributed by atoms with E-state index in [1.165, 1.54) is 31.3 Å². The van der Waals surface area contributed by atoms with Crippen molar-refractivity contribution in [2.75, 3.05) is 0 Å². The van der Waals surface area contributed by atoms with Gasteiger partial charge in [-0.05, 0) is 43.0 Å². The van der Waals surface area contributed by atoms with Crippen LogP contribution < -0.4 is 0 Å². The van der Waals surface area contributed by atoms with Gasteiger partial charge in [0.2, 0.25) is 0 Å². The van der Waals surface area contributed by atoms with Crippen LogP contribution in [0, 0.1) is 0 Å². The fourth-order valence-corrected chi connectivity index (χ4v) is 2.73. The van der Waals surface area contributed by atoms with Gasteiger partial charge in [-0.25, -0.2) is 0 Å². The number of hydrogen-bond donors (Lipinski definition) is 0. The molecule has 1 aliphatic carbocycles. The second kappa shape index (κ2) is 3.44. The Balaban J connectivity index is 2.03. The predicted octanol–water partition coefficient (Wildman–Crippen LogP) is 3.96. The molecule has 12 heavy (non-hydrogen) atoms. The summed E-state index contributed by atoms with van der Waals surface area (Å²) in [6.07, 6.45) is 5.11. The first-order valence-corrected chi connectivity index (χ1v) is 5.44. The standard InChI is InChI=1S/C11H14S/c1-9-4-6-10(7-5-9)11-3-2-8-12-11/h2-3,8,10H,1,4-7H2. The molecule has 0 N–H and O–H groups in total. The van der Waals surface area contributed by atoms with Crippen LogP contribution in [-0.4, -0.2) is 0 Å². The third-order valence-corrected chi connectivity index (χ3v) is 3.67. The van der Waals surface area contributed by atoms with Gasteiger partial charge in [0.25, 0.3) is 0 Å². The molecule has 64 valence electrons. The largest absolute Gasteiger partial charge is 0.149 e. The van der Waals surface area contributed by atoms with Crippen LogP contribution in [0.3, 0.4) is 0 Å². The Morgan fingerprint density at radius 2 is 2.08 bits per heavy atom. The summed E-state index contributed by atoms with van der Waals surface area (Å²) >= 11 is 1.90. The Hall–Kier alpha value is -0.560. The number of allylic oxidation sites excluding steroid dienone is 1. The fraction of sp³-hybridized carbons (Fsp3) is 0.455. The number of rotatable bonds is 1. The number of hydrogen-bond acceptors (Lipinski definition) is 1. The molecule has 0 bridgehead atoms. The molecule has 1 saturated carbocycles. The van der Waals surface area contributed by atoms with Crippen molar-refractivity contribution in [3.8, 4) is 0 Å². The minimum Gasteiger partial charge on any atom is -0.149 e. The third-order valence-electron chi connectivity index (χ3n) is 2.64. The van der Waals surface area contributed by atoms with Crippen molar-refractivity contribution in [1.29, 1.82) is 0 Å². The van der Waals surface area contributed by atoms with Crippen LogP contribution in [0.25, 0.3) is 0 Å². The lowest BCUT2D eigenvalue weighted by atomic mass is 9.86. The monoisotopic (exact) mass is 178 g/mol. The van der Waals surface area contributed by atoms with Crippen molar-refractivity contribution in [1.82, 2.24) is 0 Å². The summed E-state index contributed by atoms with van der Waals surface area (Å²) in [5.41, 5.74) is 1.45. The second-order valence-corrected chi connectivity index (χ2v) is 4.52. The van der Waals surface area contributed by atoms with Crippen LogP contribution in [0.15, 0.2) is 29.7 Å². The van der Waals surface area contributed by atoms with E-state index in [1.807, 2.05) is 11.3 Å². The maximum absolute atomic E-state index is 4.03. The summed E-state index contributed by atoms with van der Waals surface area (Å²) in [7, 11) is 0. The van der Waals surface area contributed by atoms with Gasteiger partial charge in [-0.3, -0.25) is 0 Å². The molecule has 0 unspecified atom stereocenters. The van der Waals surface area contributed by atoms with Gasteiger partial charge >= 0.3 is 0 Å². The van der Waals surface area contributed by atoms with Crippen molar-refractivity contribution in [2.24, 2.45) is 0 Å². The van der Waals surface area contributed by atoms with Crippen LogP contribution in [0.4, 0.5) is 0 Å². The van der Waals surface area contributed by atoms with Gasteiger partial charge in [-0.1, -0.05) is 18.2 Å². The van der Waals surface area contributed by atoms with Gasteiger partial charge in [0, 0.05) is 4.88 Å². The van der Waals surface area contributed by atoms with Gasteiger partial charge in [0.05, 0.1) is 0 Å². The summed E-state index contributed by atoms with van der Waals surface area (Å²) in [5, 5.41) is 2.18. The highest BCUT2D eigenvalue weighted by atomic mass is 32.1. The van der Waals surface area contributed by atoms with Gasteiger partial charge in [0.1, 0.15) is 0 Å². The van der Waals surface area contributed by atoms with Crippen LogP contribution in [0.5, 0.6) is 0 Å². The van der Waals surface area contributed by atoms with E-state index in [1.54, 1.807) is 4.88 Å². The normalized spacial score (nSPS) is 19.8. The van der Waals surface area contributed by atoms with Gasteiger partial charge in [0.15, 0.2) is 0 Å². The minimum absolute atomic E-state index is 0.829. The molecular weight excluding hydrogens is 164 g/mol. The average Bonchev–Trinajstić information content (AvgIpc) is 2.58. The zero-order chi connectivity index (χ0) is 8.39. The highest BCUT2D eigenvalue weighted by Gasteiger charge is 2.17. The lowest BCUT2D eigenvalue weighted by Crippen LogP contribution is -2.04. The first-order chi connectivity index (χ1) is 5.86. The molecule has 1 heterocycles. The zero-order valence-corrected chi connectivity index (χ0v) is 8.07. The van der Waals surface area contributed by atoms with E-state index >= 15 is 0 Å². The van der Waals surface area contributed by atoms with Crippen LogP contribution in [0.1, 0.15) is 36.5 Å². The maximum Gasteiger partial charge on any atom is 0.00764 e. The van der Waals surface area contributed by atoms with E-state index in [4.69, 9.17) is 0 Å². The molecule has 2 rings (SSSR count). The average molecular weight is 178 g/mol. The van der Waals surface area contributed by atoms with Crippen LogP contribution in [0.2, 0.25) is 0 Å². The molecule has 1 aliphatic rings. The zero-order valence-electron chi connectivity index (χ0n) is 7.25. The van der Waals surface area contributed by atoms with Crippen molar-refractivity contribution in [3.05, 3.63) is 34.5 Å². The third kappa shape index (κ3) is 1.61. The summed E-state index contributed by atoms with van der Waals surface area (Å²) in [6, 6.07) is 4.42. The molecule has 0 nitrogen and oxygen atoms in total. The first-order valence-electron chi connectivity index (χ1n) is 4.56. The van der Waals surface area contributed by atoms with Crippen molar-refractivity contribution in [2.45, 2.75) is 31.6 Å². The smallest absolute Gasteiger partial charge is 0.00764 e. The second-order valence-electron chi connectivity index (χ2n) is 3.54. The van der Waals surface area contributed by atoms with Crippen molar-refractivity contribution in [3.63, 3.8) is 0 Å². The molecular formula is C11H14S. The molecule has 0 saturated heterocycles. The van der Waals surface area contributed by atoms with E-state index in [0.717, 1.165) is 5.92 Å². The van der Waals surface area contributed by atoms with Crippen molar-refractivity contribution < 1.29 is 0 Å². The molecule has 0 spiro atoms. The first kappa shape index (κ1) is 8.06. The van der Waals surface area contributed by atoms with E-state index in [2.05, 4.69) is 24.1 Å². The molecule has 0 radical (unpaired) electrons. The fourth-order valence-electron chi connectivity index (χ4n) is 1.83. The van der Waals surface area contributed by atoms with E-state index in [0.29, 0.717) is 0 Å². The van der Waals surface area contributed by atoms with E-state index in [9.17, 15) is 0 Å². The Bertz CT molecular complexity index is 249. The molecule has 0 aliphatic heterocycles. The lowest BCUT2D eigenvalue weighted by Gasteiger charge is -2.21.